The molecule has 0 saturated heterocycles. The van der Waals surface area contributed by atoms with Crippen LogP contribution in [-0.2, 0) is 6.42 Å². The average Bonchev–Trinajstić information content (AvgIpc) is 2.45. The number of hydrogen-bond donors (Lipinski definition) is 0. The van der Waals surface area contributed by atoms with Crippen molar-refractivity contribution in [2.75, 3.05) is 0 Å². The van der Waals surface area contributed by atoms with Crippen molar-refractivity contribution in [2.24, 2.45) is 5.92 Å². The smallest absolute Gasteiger partial charge is 0.171 e. The Morgan fingerprint density at radius 2 is 1.60 bits per heavy atom. The zero-order valence-corrected chi connectivity index (χ0v) is 12.0. The Balaban J connectivity index is 1.88. The van der Waals surface area contributed by atoms with Gasteiger partial charge in [0.05, 0.1) is 0 Å². The molecule has 0 nitrogen and oxygen atoms in total. The normalized spacial score (nSPS) is 23.8. The molecule has 1 fully saturated rings. The van der Waals surface area contributed by atoms with E-state index in [0.717, 1.165) is 11.5 Å². The zero-order chi connectivity index (χ0) is 14.6. The van der Waals surface area contributed by atoms with Crippen LogP contribution in [0.25, 0.3) is 0 Å². The molecule has 0 bridgehead atoms. The Hall–Kier alpha value is -0.990. The van der Waals surface area contributed by atoms with E-state index < -0.39 is 12.6 Å². The summed E-state index contributed by atoms with van der Waals surface area (Å²) in [5, 5.41) is 0. The lowest BCUT2D eigenvalue weighted by molar-refractivity contribution is -0.133. The van der Waals surface area contributed by atoms with Gasteiger partial charge in [-0.15, -0.1) is 0 Å². The third-order valence-corrected chi connectivity index (χ3v) is 4.57. The Kier molecular flexibility index (Phi) is 5.11. The number of hydrogen-bond acceptors (Lipinski definition) is 0. The summed E-state index contributed by atoms with van der Waals surface area (Å²) in [4.78, 5) is 0. The molecule has 1 aliphatic rings. The SMILES string of the molecule is CCC1CCC(c2ccc(CCC(F)(F)F)cc2)CC1. The summed E-state index contributed by atoms with van der Waals surface area (Å²) in [7, 11) is 0. The van der Waals surface area contributed by atoms with Crippen molar-refractivity contribution in [1.82, 2.24) is 0 Å². The van der Waals surface area contributed by atoms with E-state index in [0.29, 0.717) is 5.92 Å². The summed E-state index contributed by atoms with van der Waals surface area (Å²) < 4.78 is 36.5. The fraction of sp³-hybridized carbons (Fsp3) is 0.647. The van der Waals surface area contributed by atoms with E-state index in [-0.39, 0.29) is 6.42 Å². The van der Waals surface area contributed by atoms with Gasteiger partial charge in [-0.2, -0.15) is 13.2 Å². The van der Waals surface area contributed by atoms with E-state index in [2.05, 4.69) is 6.92 Å². The van der Waals surface area contributed by atoms with E-state index >= 15 is 0 Å². The quantitative estimate of drug-likeness (QED) is 0.649. The number of alkyl halides is 3. The summed E-state index contributed by atoms with van der Waals surface area (Å²) in [5.74, 6) is 1.48. The maximum atomic E-state index is 12.2. The molecule has 0 atom stereocenters. The number of halogens is 3. The third-order valence-electron chi connectivity index (χ3n) is 4.57. The van der Waals surface area contributed by atoms with Crippen LogP contribution in [0, 0.1) is 5.92 Å². The Morgan fingerprint density at radius 1 is 1.00 bits per heavy atom. The van der Waals surface area contributed by atoms with Crippen LogP contribution < -0.4 is 0 Å². The van der Waals surface area contributed by atoms with Gasteiger partial charge in [0, 0.05) is 6.42 Å². The van der Waals surface area contributed by atoms with E-state index in [9.17, 15) is 13.2 Å². The summed E-state index contributed by atoms with van der Waals surface area (Å²) in [6.07, 6.45) is 1.59. The van der Waals surface area contributed by atoms with Crippen LogP contribution in [-0.4, -0.2) is 6.18 Å². The summed E-state index contributed by atoms with van der Waals surface area (Å²) >= 11 is 0. The molecule has 1 aliphatic carbocycles. The van der Waals surface area contributed by atoms with Gasteiger partial charge in [-0.05, 0) is 55.1 Å². The van der Waals surface area contributed by atoms with Gasteiger partial charge in [-0.25, -0.2) is 0 Å². The van der Waals surface area contributed by atoms with Gasteiger partial charge in [0.15, 0.2) is 0 Å². The van der Waals surface area contributed by atoms with Crippen LogP contribution >= 0.6 is 0 Å². The first-order chi connectivity index (χ1) is 9.48. The molecule has 3 heteroatoms. The second kappa shape index (κ2) is 6.64. The van der Waals surface area contributed by atoms with Gasteiger partial charge < -0.3 is 0 Å². The first-order valence-electron chi connectivity index (χ1n) is 7.63. The predicted octanol–water partition coefficient (Wildman–Crippen LogP) is 5.87. The number of rotatable bonds is 4. The van der Waals surface area contributed by atoms with Crippen molar-refractivity contribution >= 4 is 0 Å². The fourth-order valence-electron chi connectivity index (χ4n) is 3.15. The van der Waals surface area contributed by atoms with Gasteiger partial charge in [0.25, 0.3) is 0 Å². The molecule has 0 amide bonds. The maximum Gasteiger partial charge on any atom is 0.389 e. The Labute approximate surface area is 119 Å². The fourth-order valence-corrected chi connectivity index (χ4v) is 3.15. The standard InChI is InChI=1S/C17H23F3/c1-2-13-3-7-15(8-4-13)16-9-5-14(6-10-16)11-12-17(18,19)20/h5-6,9-10,13,15H,2-4,7-8,11-12H2,1H3. The van der Waals surface area contributed by atoms with Crippen molar-refractivity contribution in [1.29, 1.82) is 0 Å². The van der Waals surface area contributed by atoms with Gasteiger partial charge >= 0.3 is 6.18 Å². The van der Waals surface area contributed by atoms with E-state index in [1.54, 1.807) is 0 Å². The lowest BCUT2D eigenvalue weighted by atomic mass is 9.78. The maximum absolute atomic E-state index is 12.2. The lowest BCUT2D eigenvalue weighted by Gasteiger charge is -2.28. The Bertz CT molecular complexity index is 397. The molecule has 112 valence electrons. The zero-order valence-electron chi connectivity index (χ0n) is 12.0. The minimum atomic E-state index is -4.06. The van der Waals surface area contributed by atoms with Crippen molar-refractivity contribution in [3.8, 4) is 0 Å². The van der Waals surface area contributed by atoms with Gasteiger partial charge in [-0.1, -0.05) is 37.6 Å². The summed E-state index contributed by atoms with van der Waals surface area (Å²) in [5.41, 5.74) is 2.09. The van der Waals surface area contributed by atoms with Crippen molar-refractivity contribution in [2.45, 2.75) is 64.0 Å². The van der Waals surface area contributed by atoms with Gasteiger partial charge in [0.1, 0.15) is 0 Å². The van der Waals surface area contributed by atoms with E-state index in [4.69, 9.17) is 0 Å². The molecule has 0 aromatic heterocycles. The highest BCUT2D eigenvalue weighted by Gasteiger charge is 2.26. The van der Waals surface area contributed by atoms with Crippen LogP contribution in [0.5, 0.6) is 0 Å². The van der Waals surface area contributed by atoms with Crippen LogP contribution in [0.15, 0.2) is 24.3 Å². The number of benzene rings is 1. The van der Waals surface area contributed by atoms with E-state index in [1.807, 2.05) is 24.3 Å². The van der Waals surface area contributed by atoms with Crippen molar-refractivity contribution in [3.63, 3.8) is 0 Å². The predicted molar refractivity (Wildman–Crippen MR) is 75.8 cm³/mol. The molecule has 20 heavy (non-hydrogen) atoms. The topological polar surface area (TPSA) is 0 Å². The molecule has 0 heterocycles. The third kappa shape index (κ3) is 4.53. The minimum absolute atomic E-state index is 0.0896. The molecule has 1 aromatic rings. The lowest BCUT2D eigenvalue weighted by Crippen LogP contribution is -2.12. The van der Waals surface area contributed by atoms with Crippen molar-refractivity contribution < 1.29 is 13.2 Å². The molecular formula is C17H23F3. The largest absolute Gasteiger partial charge is 0.389 e. The molecular weight excluding hydrogens is 261 g/mol. The molecule has 0 radical (unpaired) electrons. The van der Waals surface area contributed by atoms with E-state index in [1.165, 1.54) is 37.7 Å². The highest BCUT2D eigenvalue weighted by Crippen LogP contribution is 2.37. The molecule has 0 N–H and O–H groups in total. The summed E-state index contributed by atoms with van der Waals surface area (Å²) in [6, 6.07) is 7.80. The van der Waals surface area contributed by atoms with Crippen LogP contribution in [0.4, 0.5) is 13.2 Å². The monoisotopic (exact) mass is 284 g/mol. The first kappa shape index (κ1) is 15.4. The molecule has 0 spiro atoms. The minimum Gasteiger partial charge on any atom is -0.171 e. The molecule has 2 rings (SSSR count). The highest BCUT2D eigenvalue weighted by atomic mass is 19.4. The molecule has 1 saturated carbocycles. The average molecular weight is 284 g/mol. The van der Waals surface area contributed by atoms with Crippen LogP contribution in [0.3, 0.4) is 0 Å². The van der Waals surface area contributed by atoms with Crippen LogP contribution in [0.2, 0.25) is 0 Å². The molecule has 0 unspecified atom stereocenters. The second-order valence-electron chi connectivity index (χ2n) is 5.98. The summed E-state index contributed by atoms with van der Waals surface area (Å²) in [6.45, 7) is 2.25. The van der Waals surface area contributed by atoms with Crippen molar-refractivity contribution in [3.05, 3.63) is 35.4 Å². The molecule has 0 aliphatic heterocycles. The Morgan fingerprint density at radius 3 is 2.10 bits per heavy atom. The van der Waals surface area contributed by atoms with Gasteiger partial charge in [-0.3, -0.25) is 0 Å². The first-order valence-corrected chi connectivity index (χ1v) is 7.63. The van der Waals surface area contributed by atoms with Crippen LogP contribution in [0.1, 0.15) is 62.5 Å². The number of aryl methyl sites for hydroxylation is 1. The highest BCUT2D eigenvalue weighted by molar-refractivity contribution is 5.26. The van der Waals surface area contributed by atoms with Gasteiger partial charge in [0.2, 0.25) is 0 Å². The molecule has 1 aromatic carbocycles. The second-order valence-corrected chi connectivity index (χ2v) is 5.98.